The molecule has 22 heavy (non-hydrogen) atoms. The van der Waals surface area contributed by atoms with Crippen molar-refractivity contribution >= 4 is 22.2 Å². The summed E-state index contributed by atoms with van der Waals surface area (Å²) in [6.45, 7) is 1.89. The molecule has 1 atom stereocenters. The number of methoxy groups -OCH3 is 1. The number of para-hydroxylation sites is 1. The van der Waals surface area contributed by atoms with Gasteiger partial charge in [0.1, 0.15) is 5.75 Å². The standard InChI is InChI=1S/C15H16N2O4S/c1-10(11-6-4-5-7-12(11)21-3)16(2)15(18)13-8-9-14(22-13)17(19)20/h4-10H,1-3H3. The fraction of sp³-hybridized carbons (Fsp3) is 0.267. The molecule has 0 saturated heterocycles. The highest BCUT2D eigenvalue weighted by Crippen LogP contribution is 2.31. The number of rotatable bonds is 5. The molecule has 116 valence electrons. The number of carbonyl (C=O) groups is 1. The van der Waals surface area contributed by atoms with Crippen molar-refractivity contribution in [1.29, 1.82) is 0 Å². The summed E-state index contributed by atoms with van der Waals surface area (Å²) in [4.78, 5) is 24.6. The van der Waals surface area contributed by atoms with Crippen molar-refractivity contribution in [2.24, 2.45) is 0 Å². The molecule has 2 aromatic rings. The minimum Gasteiger partial charge on any atom is -0.496 e. The second kappa shape index (κ2) is 6.57. The zero-order chi connectivity index (χ0) is 16.3. The molecular weight excluding hydrogens is 304 g/mol. The summed E-state index contributed by atoms with van der Waals surface area (Å²) in [5.74, 6) is 0.448. The average molecular weight is 320 g/mol. The van der Waals surface area contributed by atoms with Gasteiger partial charge in [0.15, 0.2) is 0 Å². The van der Waals surface area contributed by atoms with Crippen molar-refractivity contribution in [3.8, 4) is 5.75 Å². The van der Waals surface area contributed by atoms with E-state index in [1.807, 2.05) is 31.2 Å². The Morgan fingerprint density at radius 2 is 2.00 bits per heavy atom. The maximum absolute atomic E-state index is 12.5. The molecule has 0 aliphatic carbocycles. The quantitative estimate of drug-likeness (QED) is 0.624. The molecule has 0 aliphatic rings. The van der Waals surface area contributed by atoms with Crippen LogP contribution in [-0.2, 0) is 0 Å². The minimum absolute atomic E-state index is 0.0401. The Bertz CT molecular complexity index is 698. The zero-order valence-corrected chi connectivity index (χ0v) is 13.3. The molecule has 1 heterocycles. The van der Waals surface area contributed by atoms with E-state index in [0.29, 0.717) is 10.6 Å². The molecule has 0 fully saturated rings. The van der Waals surface area contributed by atoms with Gasteiger partial charge in [0, 0.05) is 18.7 Å². The normalized spacial score (nSPS) is 11.8. The van der Waals surface area contributed by atoms with Gasteiger partial charge in [-0.25, -0.2) is 0 Å². The van der Waals surface area contributed by atoms with Crippen molar-refractivity contribution in [3.05, 3.63) is 57.0 Å². The number of benzene rings is 1. The van der Waals surface area contributed by atoms with E-state index in [1.54, 1.807) is 19.1 Å². The third-order valence-electron chi connectivity index (χ3n) is 3.47. The van der Waals surface area contributed by atoms with Crippen LogP contribution in [0.3, 0.4) is 0 Å². The van der Waals surface area contributed by atoms with Crippen LogP contribution >= 0.6 is 11.3 Å². The third-order valence-corrected chi connectivity index (χ3v) is 4.50. The Morgan fingerprint density at radius 3 is 2.59 bits per heavy atom. The van der Waals surface area contributed by atoms with Gasteiger partial charge >= 0.3 is 5.00 Å². The third kappa shape index (κ3) is 3.09. The summed E-state index contributed by atoms with van der Waals surface area (Å²) in [6.07, 6.45) is 0. The summed E-state index contributed by atoms with van der Waals surface area (Å²) in [5.41, 5.74) is 0.881. The first kappa shape index (κ1) is 16.0. The SMILES string of the molecule is COc1ccccc1C(C)N(C)C(=O)c1ccc([N+](=O)[O-])s1. The molecule has 7 heteroatoms. The Hall–Kier alpha value is -2.41. The summed E-state index contributed by atoms with van der Waals surface area (Å²) in [6, 6.07) is 10.1. The van der Waals surface area contributed by atoms with Crippen molar-refractivity contribution in [1.82, 2.24) is 4.90 Å². The van der Waals surface area contributed by atoms with E-state index in [2.05, 4.69) is 0 Å². The van der Waals surface area contributed by atoms with E-state index in [0.717, 1.165) is 16.9 Å². The molecule has 0 spiro atoms. The van der Waals surface area contributed by atoms with Crippen LogP contribution < -0.4 is 4.74 Å². The van der Waals surface area contributed by atoms with Gasteiger partial charge in [-0.1, -0.05) is 29.5 Å². The highest BCUT2D eigenvalue weighted by Gasteiger charge is 2.24. The minimum atomic E-state index is -0.495. The fourth-order valence-electron chi connectivity index (χ4n) is 2.11. The average Bonchev–Trinajstić information content (AvgIpc) is 3.03. The smallest absolute Gasteiger partial charge is 0.324 e. The van der Waals surface area contributed by atoms with Crippen LogP contribution in [0, 0.1) is 10.1 Å². The van der Waals surface area contributed by atoms with Gasteiger partial charge in [-0.05, 0) is 19.1 Å². The second-order valence-electron chi connectivity index (χ2n) is 4.73. The van der Waals surface area contributed by atoms with Crippen molar-refractivity contribution in [3.63, 3.8) is 0 Å². The van der Waals surface area contributed by atoms with Crippen molar-refractivity contribution in [2.45, 2.75) is 13.0 Å². The molecule has 1 amide bonds. The number of nitrogens with zero attached hydrogens (tertiary/aromatic N) is 2. The monoisotopic (exact) mass is 320 g/mol. The first-order chi connectivity index (χ1) is 10.5. The lowest BCUT2D eigenvalue weighted by atomic mass is 10.1. The van der Waals surface area contributed by atoms with Gasteiger partial charge in [-0.3, -0.25) is 14.9 Å². The fourth-order valence-corrected chi connectivity index (χ4v) is 2.91. The van der Waals surface area contributed by atoms with E-state index in [-0.39, 0.29) is 17.0 Å². The number of ether oxygens (including phenoxy) is 1. The summed E-state index contributed by atoms with van der Waals surface area (Å²) in [7, 11) is 3.25. The number of nitro groups is 1. The second-order valence-corrected chi connectivity index (χ2v) is 5.79. The van der Waals surface area contributed by atoms with Crippen LogP contribution in [0.15, 0.2) is 36.4 Å². The predicted octanol–water partition coefficient (Wildman–Crippen LogP) is 3.50. The van der Waals surface area contributed by atoms with Gasteiger partial charge in [0.25, 0.3) is 5.91 Å². The van der Waals surface area contributed by atoms with E-state index in [1.165, 1.54) is 12.1 Å². The molecule has 2 rings (SSSR count). The number of hydrogen-bond donors (Lipinski definition) is 0. The summed E-state index contributed by atoms with van der Waals surface area (Å²) >= 11 is 0.878. The zero-order valence-electron chi connectivity index (χ0n) is 12.5. The van der Waals surface area contributed by atoms with Gasteiger partial charge in [-0.2, -0.15) is 0 Å². The van der Waals surface area contributed by atoms with Gasteiger partial charge in [-0.15, -0.1) is 0 Å². The van der Waals surface area contributed by atoms with Crippen molar-refractivity contribution in [2.75, 3.05) is 14.2 Å². The van der Waals surface area contributed by atoms with Gasteiger partial charge in [0.2, 0.25) is 0 Å². The van der Waals surface area contributed by atoms with Gasteiger partial charge in [0.05, 0.1) is 23.0 Å². The molecule has 0 N–H and O–H groups in total. The molecule has 0 aliphatic heterocycles. The largest absolute Gasteiger partial charge is 0.496 e. The summed E-state index contributed by atoms with van der Waals surface area (Å²) in [5, 5.41) is 10.7. The van der Waals surface area contributed by atoms with E-state index < -0.39 is 4.92 Å². The Labute approximate surface area is 132 Å². The predicted molar refractivity (Wildman–Crippen MR) is 84.5 cm³/mol. The number of carbonyl (C=O) groups excluding carboxylic acids is 1. The lowest BCUT2D eigenvalue weighted by Crippen LogP contribution is -2.29. The number of thiophene rings is 1. The Kier molecular flexibility index (Phi) is 4.77. The number of hydrogen-bond acceptors (Lipinski definition) is 5. The molecule has 0 saturated carbocycles. The molecule has 1 aromatic heterocycles. The highest BCUT2D eigenvalue weighted by molar-refractivity contribution is 7.17. The van der Waals surface area contributed by atoms with Crippen LogP contribution in [-0.4, -0.2) is 29.9 Å². The molecule has 1 aromatic carbocycles. The van der Waals surface area contributed by atoms with E-state index in [9.17, 15) is 14.9 Å². The topological polar surface area (TPSA) is 72.7 Å². The van der Waals surface area contributed by atoms with Crippen LogP contribution in [0.25, 0.3) is 0 Å². The maximum atomic E-state index is 12.5. The Morgan fingerprint density at radius 1 is 1.32 bits per heavy atom. The van der Waals surface area contributed by atoms with E-state index in [4.69, 9.17) is 4.74 Å². The Balaban J connectivity index is 2.23. The molecular formula is C15H16N2O4S. The van der Waals surface area contributed by atoms with Crippen LogP contribution in [0.2, 0.25) is 0 Å². The van der Waals surface area contributed by atoms with Crippen LogP contribution in [0.1, 0.15) is 28.2 Å². The molecule has 0 radical (unpaired) electrons. The highest BCUT2D eigenvalue weighted by atomic mass is 32.1. The first-order valence-electron chi connectivity index (χ1n) is 6.60. The number of amides is 1. The lowest BCUT2D eigenvalue weighted by molar-refractivity contribution is -0.380. The van der Waals surface area contributed by atoms with Crippen LogP contribution in [0.5, 0.6) is 5.75 Å². The van der Waals surface area contributed by atoms with Crippen LogP contribution in [0.4, 0.5) is 5.00 Å². The first-order valence-corrected chi connectivity index (χ1v) is 7.41. The molecule has 0 bridgehead atoms. The van der Waals surface area contributed by atoms with E-state index >= 15 is 0 Å². The molecule has 6 nitrogen and oxygen atoms in total. The van der Waals surface area contributed by atoms with Gasteiger partial charge < -0.3 is 9.64 Å². The maximum Gasteiger partial charge on any atom is 0.324 e. The summed E-state index contributed by atoms with van der Waals surface area (Å²) < 4.78 is 5.31. The molecule has 1 unspecified atom stereocenters. The van der Waals surface area contributed by atoms with Crippen molar-refractivity contribution < 1.29 is 14.5 Å². The lowest BCUT2D eigenvalue weighted by Gasteiger charge is -2.26.